The number of fused-ring (bicyclic) bond motifs is 9. The van der Waals surface area contributed by atoms with Gasteiger partial charge < -0.3 is 18.3 Å². The van der Waals surface area contributed by atoms with Crippen molar-refractivity contribution in [3.05, 3.63) is 206 Å². The summed E-state index contributed by atoms with van der Waals surface area (Å²) in [4.78, 5) is 2.36. The molecule has 0 aliphatic rings. The molecule has 9 aromatic carbocycles. The summed E-state index contributed by atoms with van der Waals surface area (Å²) in [6.07, 6.45) is 0. The number of anilines is 3. The van der Waals surface area contributed by atoms with Crippen LogP contribution in [0.4, 0.5) is 17.1 Å². The Kier molecular flexibility index (Phi) is 7.20. The van der Waals surface area contributed by atoms with Crippen molar-refractivity contribution in [1.29, 1.82) is 0 Å². The first-order chi connectivity index (χ1) is 28.8. The Morgan fingerprint density at radius 1 is 0.362 bits per heavy atom. The predicted octanol–water partition coefficient (Wildman–Crippen LogP) is 15.4. The van der Waals surface area contributed by atoms with Gasteiger partial charge in [0.15, 0.2) is 0 Å². The number of furan rings is 2. The maximum absolute atomic E-state index is 6.95. The molecule has 0 N–H and O–H groups in total. The first-order valence-corrected chi connectivity index (χ1v) is 19.7. The van der Waals surface area contributed by atoms with Gasteiger partial charge in [0.25, 0.3) is 0 Å². The molecule has 0 aliphatic carbocycles. The van der Waals surface area contributed by atoms with Gasteiger partial charge in [-0.05, 0) is 83.9 Å². The van der Waals surface area contributed by atoms with Crippen molar-refractivity contribution < 1.29 is 8.83 Å². The van der Waals surface area contributed by atoms with Crippen LogP contribution in [0, 0.1) is 0 Å². The zero-order valence-electron chi connectivity index (χ0n) is 31.3. The average Bonchev–Trinajstić information content (AvgIpc) is 3.97. The number of hydrogen-bond donors (Lipinski definition) is 0. The van der Waals surface area contributed by atoms with Gasteiger partial charge in [0, 0.05) is 49.3 Å². The van der Waals surface area contributed by atoms with Crippen LogP contribution >= 0.6 is 0 Å². The van der Waals surface area contributed by atoms with E-state index in [2.05, 4.69) is 198 Å². The maximum atomic E-state index is 6.95. The molecule has 0 fully saturated rings. The van der Waals surface area contributed by atoms with Crippen LogP contribution < -0.4 is 4.90 Å². The van der Waals surface area contributed by atoms with Gasteiger partial charge >= 0.3 is 0 Å². The van der Waals surface area contributed by atoms with E-state index >= 15 is 0 Å². The molecular formula is C54H34N2O2. The highest BCUT2D eigenvalue weighted by molar-refractivity contribution is 6.16. The number of aromatic nitrogens is 1. The second-order valence-corrected chi connectivity index (χ2v) is 14.8. The molecule has 3 aromatic heterocycles. The van der Waals surface area contributed by atoms with Crippen molar-refractivity contribution >= 4 is 82.7 Å². The summed E-state index contributed by atoms with van der Waals surface area (Å²) < 4.78 is 15.6. The third kappa shape index (κ3) is 4.88. The summed E-state index contributed by atoms with van der Waals surface area (Å²) in [5.74, 6) is 0. The molecule has 4 nitrogen and oxygen atoms in total. The quantitative estimate of drug-likeness (QED) is 0.170. The molecule has 0 amide bonds. The summed E-state index contributed by atoms with van der Waals surface area (Å²) >= 11 is 0. The first kappa shape index (κ1) is 32.4. The number of benzene rings is 9. The Hall–Kier alpha value is -7.82. The van der Waals surface area contributed by atoms with Crippen molar-refractivity contribution in [3.63, 3.8) is 0 Å². The number of para-hydroxylation sites is 6. The van der Waals surface area contributed by atoms with Gasteiger partial charge in [0.2, 0.25) is 0 Å². The summed E-state index contributed by atoms with van der Waals surface area (Å²) in [5, 5.41) is 6.87. The van der Waals surface area contributed by atoms with E-state index in [9.17, 15) is 0 Å². The number of hydrogen-bond acceptors (Lipinski definition) is 3. The van der Waals surface area contributed by atoms with Crippen molar-refractivity contribution in [3.8, 4) is 27.9 Å². The molecule has 0 spiro atoms. The Balaban J connectivity index is 1.12. The van der Waals surface area contributed by atoms with Crippen LogP contribution in [0.5, 0.6) is 0 Å². The summed E-state index contributed by atoms with van der Waals surface area (Å²) in [6.45, 7) is 0. The minimum atomic E-state index is 0.850. The maximum Gasteiger partial charge on any atom is 0.145 e. The Bertz CT molecular complexity index is 3460. The van der Waals surface area contributed by atoms with Gasteiger partial charge in [-0.25, -0.2) is 0 Å². The molecule has 0 aliphatic heterocycles. The van der Waals surface area contributed by atoms with E-state index in [1.807, 2.05) is 18.2 Å². The molecule has 0 saturated carbocycles. The third-order valence-electron chi connectivity index (χ3n) is 11.6. The number of nitrogens with zero attached hydrogens (tertiary/aromatic N) is 2. The lowest BCUT2D eigenvalue weighted by molar-refractivity contribution is 0.669. The summed E-state index contributed by atoms with van der Waals surface area (Å²) in [5.41, 5.74) is 14.3. The Labute approximate surface area is 334 Å². The Morgan fingerprint density at radius 2 is 0.931 bits per heavy atom. The molecule has 0 radical (unpaired) electrons. The van der Waals surface area contributed by atoms with Crippen LogP contribution in [-0.4, -0.2) is 4.57 Å². The zero-order chi connectivity index (χ0) is 38.2. The fraction of sp³-hybridized carbons (Fsp3) is 0. The molecule has 12 aromatic rings. The molecule has 12 rings (SSSR count). The first-order valence-electron chi connectivity index (χ1n) is 19.7. The SMILES string of the molecule is c1ccc(N(c2ccc(-c3cccc4oc5ccccc5c34)cc2)c2ccc3c(oc4ccccc43)c2-c2ccccc2-n2c3ccccc3c3ccccc32)cc1. The second kappa shape index (κ2) is 12.9. The highest BCUT2D eigenvalue weighted by Gasteiger charge is 2.26. The van der Waals surface area contributed by atoms with E-state index in [0.717, 1.165) is 99.9 Å². The lowest BCUT2D eigenvalue weighted by Gasteiger charge is -2.29. The molecule has 4 heteroatoms. The molecule has 0 saturated heterocycles. The largest absolute Gasteiger partial charge is 0.456 e. The average molecular weight is 743 g/mol. The molecule has 272 valence electrons. The lowest BCUT2D eigenvalue weighted by Crippen LogP contribution is -2.11. The minimum Gasteiger partial charge on any atom is -0.456 e. The standard InChI is InChI=1S/C54H34N2O2/c1-2-15-36(16-3-1)55(37-31-29-35(30-32-37)38-22-14-28-51-52(38)44-21-8-13-27-50(44)57-51)48-34-33-42-41-19-7-12-26-49(41)58-54(42)53(48)43-20-6-11-25-47(43)56-45-23-9-4-17-39(45)40-18-5-10-24-46(40)56/h1-34H. The molecule has 58 heavy (non-hydrogen) atoms. The monoisotopic (exact) mass is 742 g/mol. The van der Waals surface area contributed by atoms with E-state index in [-0.39, 0.29) is 0 Å². The van der Waals surface area contributed by atoms with E-state index in [0.29, 0.717) is 0 Å². The van der Waals surface area contributed by atoms with Gasteiger partial charge in [0.05, 0.1) is 28.0 Å². The van der Waals surface area contributed by atoms with Crippen LogP contribution in [0.15, 0.2) is 215 Å². The number of rotatable bonds is 6. The van der Waals surface area contributed by atoms with Crippen molar-refractivity contribution in [1.82, 2.24) is 4.57 Å². The van der Waals surface area contributed by atoms with Crippen LogP contribution in [0.3, 0.4) is 0 Å². The van der Waals surface area contributed by atoms with Crippen LogP contribution in [-0.2, 0) is 0 Å². The van der Waals surface area contributed by atoms with Gasteiger partial charge in [-0.2, -0.15) is 0 Å². The fourth-order valence-electron chi connectivity index (χ4n) is 9.10. The molecule has 0 bridgehead atoms. The normalized spacial score (nSPS) is 11.8. The van der Waals surface area contributed by atoms with Gasteiger partial charge in [-0.15, -0.1) is 0 Å². The zero-order valence-corrected chi connectivity index (χ0v) is 31.3. The van der Waals surface area contributed by atoms with E-state index in [4.69, 9.17) is 8.83 Å². The highest BCUT2D eigenvalue weighted by atomic mass is 16.3. The lowest BCUT2D eigenvalue weighted by atomic mass is 9.96. The van der Waals surface area contributed by atoms with Crippen LogP contribution in [0.2, 0.25) is 0 Å². The predicted molar refractivity (Wildman–Crippen MR) is 241 cm³/mol. The van der Waals surface area contributed by atoms with Gasteiger partial charge in [-0.3, -0.25) is 0 Å². The van der Waals surface area contributed by atoms with E-state index < -0.39 is 0 Å². The topological polar surface area (TPSA) is 34.5 Å². The van der Waals surface area contributed by atoms with Gasteiger partial charge in [-0.1, -0.05) is 133 Å². The highest BCUT2D eigenvalue weighted by Crippen LogP contribution is 2.49. The van der Waals surface area contributed by atoms with Gasteiger partial charge in [0.1, 0.15) is 22.3 Å². The van der Waals surface area contributed by atoms with Crippen LogP contribution in [0.25, 0.3) is 93.6 Å². The second-order valence-electron chi connectivity index (χ2n) is 14.8. The molecule has 0 unspecified atom stereocenters. The fourth-order valence-corrected chi connectivity index (χ4v) is 9.10. The molecule has 0 atom stereocenters. The minimum absolute atomic E-state index is 0.850. The van der Waals surface area contributed by atoms with Crippen molar-refractivity contribution in [2.24, 2.45) is 0 Å². The smallest absolute Gasteiger partial charge is 0.145 e. The summed E-state index contributed by atoms with van der Waals surface area (Å²) in [6, 6.07) is 73.1. The van der Waals surface area contributed by atoms with E-state index in [1.165, 1.54) is 10.8 Å². The molecule has 3 heterocycles. The van der Waals surface area contributed by atoms with Crippen LogP contribution in [0.1, 0.15) is 0 Å². The Morgan fingerprint density at radius 3 is 1.69 bits per heavy atom. The van der Waals surface area contributed by atoms with Crippen molar-refractivity contribution in [2.75, 3.05) is 4.90 Å². The molecular weight excluding hydrogens is 709 g/mol. The summed E-state index contributed by atoms with van der Waals surface area (Å²) in [7, 11) is 0. The van der Waals surface area contributed by atoms with Crippen molar-refractivity contribution in [2.45, 2.75) is 0 Å². The third-order valence-corrected chi connectivity index (χ3v) is 11.6. The van der Waals surface area contributed by atoms with E-state index in [1.54, 1.807) is 0 Å².